The van der Waals surface area contributed by atoms with Crippen molar-refractivity contribution in [2.45, 2.75) is 13.0 Å². The summed E-state index contributed by atoms with van der Waals surface area (Å²) in [4.78, 5) is 47.7. The van der Waals surface area contributed by atoms with E-state index in [4.69, 9.17) is 10.5 Å². The number of esters is 3. The Morgan fingerprint density at radius 3 is 2.46 bits per heavy atom. The normalized spacial score (nSPS) is 10.2. The number of carbonyl (C=O) groups is 4. The molecule has 0 spiro atoms. The zero-order valence-corrected chi connectivity index (χ0v) is 16.7. The van der Waals surface area contributed by atoms with E-state index in [0.717, 1.165) is 11.3 Å². The topological polar surface area (TPSA) is 134 Å². The van der Waals surface area contributed by atoms with Gasteiger partial charge in [-0.25, -0.2) is 9.59 Å². The smallest absolute Gasteiger partial charge is 0.348 e. The number of nitrogen functional groups attached to an aromatic ring is 1. The molecule has 0 aliphatic heterocycles. The van der Waals surface area contributed by atoms with E-state index >= 15 is 0 Å². The van der Waals surface area contributed by atoms with Gasteiger partial charge in [0.2, 0.25) is 0 Å². The average Bonchev–Trinajstić information content (AvgIpc) is 3.33. The molecule has 9 nitrogen and oxygen atoms in total. The first-order chi connectivity index (χ1) is 13.4. The van der Waals surface area contributed by atoms with Crippen LogP contribution in [-0.4, -0.2) is 44.6 Å². The summed E-state index contributed by atoms with van der Waals surface area (Å²) in [6, 6.07) is 1.67. The minimum Gasteiger partial charge on any atom is -0.465 e. The fraction of sp³-hybridized carbons (Fsp3) is 0.294. The highest BCUT2D eigenvalue weighted by atomic mass is 32.1. The highest BCUT2D eigenvalue weighted by Crippen LogP contribution is 2.33. The van der Waals surface area contributed by atoms with Crippen LogP contribution in [0.1, 0.15) is 42.4 Å². The number of hydrogen-bond donors (Lipinski definition) is 2. The lowest BCUT2D eigenvalue weighted by molar-refractivity contribution is -0.144. The van der Waals surface area contributed by atoms with Crippen LogP contribution in [-0.2, 0) is 25.6 Å². The molecular formula is C17H18N2O7S2. The van der Waals surface area contributed by atoms with Crippen LogP contribution in [0, 0.1) is 0 Å². The van der Waals surface area contributed by atoms with Gasteiger partial charge >= 0.3 is 17.9 Å². The van der Waals surface area contributed by atoms with Crippen LogP contribution in [0.5, 0.6) is 0 Å². The minimum atomic E-state index is -0.752. The number of ether oxygens (including phenoxy) is 3. The standard InChI is InChI=1S/C17H18N2O7S2/c1-24-16(22)12-10(13(17(23)25-2)28-14(12)18)7-26-11(20)3-5-19-15(21)9-4-6-27-8-9/h4,6,8H,3,5,7,18H2,1-2H3,(H,19,21). The largest absolute Gasteiger partial charge is 0.465 e. The SMILES string of the molecule is COC(=O)c1sc(N)c(C(=O)OC)c1COC(=O)CCNC(=O)c1ccsc1. The summed E-state index contributed by atoms with van der Waals surface area (Å²) in [5, 5.41) is 6.12. The van der Waals surface area contributed by atoms with Crippen molar-refractivity contribution in [1.82, 2.24) is 5.32 Å². The number of thiophene rings is 2. The summed E-state index contributed by atoms with van der Waals surface area (Å²) in [6.07, 6.45) is -0.0867. The number of amides is 1. The van der Waals surface area contributed by atoms with Crippen molar-refractivity contribution in [1.29, 1.82) is 0 Å². The Morgan fingerprint density at radius 2 is 1.86 bits per heavy atom. The van der Waals surface area contributed by atoms with Crippen LogP contribution in [0.2, 0.25) is 0 Å². The molecule has 2 heterocycles. The Bertz CT molecular complexity index is 874. The summed E-state index contributed by atoms with van der Waals surface area (Å²) in [6.45, 7) is -0.285. The number of carbonyl (C=O) groups excluding carboxylic acids is 4. The second-order valence-corrected chi connectivity index (χ2v) is 7.14. The fourth-order valence-corrected chi connectivity index (χ4v) is 3.82. The lowest BCUT2D eigenvalue weighted by Crippen LogP contribution is -2.26. The molecule has 0 aliphatic carbocycles. The molecule has 0 radical (unpaired) electrons. The van der Waals surface area contributed by atoms with Gasteiger partial charge in [-0.15, -0.1) is 11.3 Å². The Morgan fingerprint density at radius 1 is 1.14 bits per heavy atom. The Labute approximate surface area is 168 Å². The maximum atomic E-state index is 12.0. The van der Waals surface area contributed by atoms with Crippen molar-refractivity contribution in [2.24, 2.45) is 0 Å². The van der Waals surface area contributed by atoms with Crippen LogP contribution < -0.4 is 11.1 Å². The van der Waals surface area contributed by atoms with E-state index in [1.165, 1.54) is 25.6 Å². The summed E-state index contributed by atoms with van der Waals surface area (Å²) in [5.41, 5.74) is 6.40. The van der Waals surface area contributed by atoms with Gasteiger partial charge < -0.3 is 25.3 Å². The molecule has 28 heavy (non-hydrogen) atoms. The summed E-state index contributed by atoms with van der Waals surface area (Å²) in [7, 11) is 2.35. The lowest BCUT2D eigenvalue weighted by atomic mass is 10.1. The Hall–Kier alpha value is -2.92. The third-order valence-corrected chi connectivity index (χ3v) is 5.29. The molecule has 150 valence electrons. The van der Waals surface area contributed by atoms with E-state index in [1.54, 1.807) is 16.8 Å². The third kappa shape index (κ3) is 5.08. The molecule has 1 amide bonds. The van der Waals surface area contributed by atoms with Crippen LogP contribution in [0.25, 0.3) is 0 Å². The Kier molecular flexibility index (Phi) is 7.52. The number of nitrogens with two attached hydrogens (primary N) is 1. The van der Waals surface area contributed by atoms with Crippen LogP contribution in [0.3, 0.4) is 0 Å². The first-order valence-corrected chi connectivity index (χ1v) is 9.68. The van der Waals surface area contributed by atoms with E-state index in [1.807, 2.05) is 0 Å². The molecule has 0 atom stereocenters. The van der Waals surface area contributed by atoms with Crippen LogP contribution >= 0.6 is 22.7 Å². The molecule has 2 aromatic rings. The molecule has 0 saturated heterocycles. The van der Waals surface area contributed by atoms with E-state index in [0.29, 0.717) is 5.56 Å². The molecular weight excluding hydrogens is 408 g/mol. The zero-order valence-electron chi connectivity index (χ0n) is 15.1. The molecule has 11 heteroatoms. The summed E-state index contributed by atoms with van der Waals surface area (Å²) in [5.74, 6) is -2.37. The molecule has 0 aliphatic rings. The van der Waals surface area contributed by atoms with Crippen molar-refractivity contribution < 1.29 is 33.4 Å². The van der Waals surface area contributed by atoms with Crippen molar-refractivity contribution in [2.75, 3.05) is 26.5 Å². The first-order valence-electron chi connectivity index (χ1n) is 7.92. The second kappa shape index (κ2) is 9.85. The third-order valence-electron chi connectivity index (χ3n) is 3.57. The van der Waals surface area contributed by atoms with Crippen molar-refractivity contribution >= 4 is 51.5 Å². The van der Waals surface area contributed by atoms with E-state index < -0.39 is 17.9 Å². The molecule has 0 unspecified atom stereocenters. The van der Waals surface area contributed by atoms with Gasteiger partial charge in [0, 0.05) is 23.1 Å². The highest BCUT2D eigenvalue weighted by Gasteiger charge is 2.28. The monoisotopic (exact) mass is 426 g/mol. The van der Waals surface area contributed by atoms with Gasteiger partial charge in [-0.3, -0.25) is 9.59 Å². The number of rotatable bonds is 8. The van der Waals surface area contributed by atoms with Crippen LogP contribution in [0.4, 0.5) is 5.00 Å². The van der Waals surface area contributed by atoms with Crippen molar-refractivity contribution in [3.63, 3.8) is 0 Å². The second-order valence-electron chi connectivity index (χ2n) is 5.31. The molecule has 3 N–H and O–H groups in total. The maximum absolute atomic E-state index is 12.0. The van der Waals surface area contributed by atoms with Gasteiger partial charge in [-0.05, 0) is 11.4 Å². The predicted octanol–water partition coefficient (Wildman–Crippen LogP) is 1.83. The van der Waals surface area contributed by atoms with E-state index in [-0.39, 0.29) is 46.5 Å². The van der Waals surface area contributed by atoms with Gasteiger partial charge in [-0.1, -0.05) is 0 Å². The molecule has 0 saturated carbocycles. The van der Waals surface area contributed by atoms with Gasteiger partial charge in [0.1, 0.15) is 22.0 Å². The van der Waals surface area contributed by atoms with Crippen molar-refractivity contribution in [3.05, 3.63) is 38.4 Å². The van der Waals surface area contributed by atoms with E-state index in [9.17, 15) is 19.2 Å². The van der Waals surface area contributed by atoms with Crippen molar-refractivity contribution in [3.8, 4) is 0 Å². The average molecular weight is 426 g/mol. The Balaban J connectivity index is 1.98. The maximum Gasteiger partial charge on any atom is 0.348 e. The molecule has 0 fully saturated rings. The van der Waals surface area contributed by atoms with Gasteiger partial charge in [0.05, 0.1) is 20.6 Å². The number of nitrogens with one attached hydrogen (secondary N) is 1. The first kappa shape index (κ1) is 21.4. The molecule has 0 bridgehead atoms. The number of methoxy groups -OCH3 is 2. The zero-order chi connectivity index (χ0) is 20.7. The van der Waals surface area contributed by atoms with Gasteiger partial charge in [0.15, 0.2) is 0 Å². The minimum absolute atomic E-state index is 0.0357. The molecule has 2 aromatic heterocycles. The quantitative estimate of drug-likeness (QED) is 0.482. The summed E-state index contributed by atoms with van der Waals surface area (Å²) >= 11 is 2.23. The molecule has 2 rings (SSSR count). The number of anilines is 1. The highest BCUT2D eigenvalue weighted by molar-refractivity contribution is 7.18. The molecule has 0 aromatic carbocycles. The fourth-order valence-electron chi connectivity index (χ4n) is 2.20. The van der Waals surface area contributed by atoms with Gasteiger partial charge in [-0.2, -0.15) is 11.3 Å². The van der Waals surface area contributed by atoms with E-state index in [2.05, 4.69) is 14.8 Å². The lowest BCUT2D eigenvalue weighted by Gasteiger charge is -2.08. The summed E-state index contributed by atoms with van der Waals surface area (Å²) < 4.78 is 14.5. The predicted molar refractivity (Wildman–Crippen MR) is 102 cm³/mol. The van der Waals surface area contributed by atoms with Crippen LogP contribution in [0.15, 0.2) is 16.8 Å². The number of hydrogen-bond acceptors (Lipinski definition) is 10. The van der Waals surface area contributed by atoms with Gasteiger partial charge in [0.25, 0.3) is 5.91 Å².